The molecule has 2 N–H and O–H groups in total. The maximum atomic E-state index is 8.68. The number of unbranched alkanes of at least 4 members (excludes halogenated alkanes) is 3. The number of rotatable bonds is 11. The summed E-state index contributed by atoms with van der Waals surface area (Å²) in [6.45, 7) is 3.69. The van der Waals surface area contributed by atoms with Gasteiger partial charge >= 0.3 is 0 Å². The van der Waals surface area contributed by atoms with Crippen LogP contribution in [0.25, 0.3) is 0 Å². The number of methoxy groups -OCH3 is 1. The van der Waals surface area contributed by atoms with E-state index in [1.807, 2.05) is 6.33 Å². The van der Waals surface area contributed by atoms with Gasteiger partial charge in [0.25, 0.3) is 0 Å². The third kappa shape index (κ3) is 6.74. The first-order chi connectivity index (χ1) is 8.86. The Kier molecular flexibility index (Phi) is 8.46. The van der Waals surface area contributed by atoms with Crippen LogP contribution in [0.15, 0.2) is 12.5 Å². The van der Waals surface area contributed by atoms with Gasteiger partial charge in [0.2, 0.25) is 0 Å². The number of imidazole rings is 1. The highest BCUT2D eigenvalue weighted by atomic mass is 16.5. The monoisotopic (exact) mass is 255 g/mol. The van der Waals surface area contributed by atoms with Gasteiger partial charge in [-0.25, -0.2) is 4.98 Å². The summed E-state index contributed by atoms with van der Waals surface area (Å²) in [5.74, 6) is 0. The molecule has 0 aromatic carbocycles. The summed E-state index contributed by atoms with van der Waals surface area (Å²) in [5.41, 5.74) is 1.07. The summed E-state index contributed by atoms with van der Waals surface area (Å²) in [6, 6.07) is 0. The van der Waals surface area contributed by atoms with Gasteiger partial charge in [-0.05, 0) is 12.8 Å². The molecule has 18 heavy (non-hydrogen) atoms. The molecule has 0 unspecified atom stereocenters. The van der Waals surface area contributed by atoms with Crippen LogP contribution >= 0.6 is 0 Å². The van der Waals surface area contributed by atoms with Crippen LogP contribution in [0.3, 0.4) is 0 Å². The van der Waals surface area contributed by atoms with Crippen LogP contribution in [0, 0.1) is 0 Å². The van der Waals surface area contributed by atoms with Crippen molar-refractivity contribution in [2.75, 3.05) is 26.9 Å². The first-order valence-corrected chi connectivity index (χ1v) is 6.68. The summed E-state index contributed by atoms with van der Waals surface area (Å²) in [7, 11) is 1.70. The lowest BCUT2D eigenvalue weighted by Crippen LogP contribution is -2.18. The Morgan fingerprint density at radius 1 is 1.33 bits per heavy atom. The maximum Gasteiger partial charge on any atom is 0.0949 e. The molecule has 5 heteroatoms. The number of aliphatic hydroxyl groups is 1. The lowest BCUT2D eigenvalue weighted by Gasteiger charge is -2.02. The summed E-state index contributed by atoms with van der Waals surface area (Å²) in [5, 5.41) is 11.9. The van der Waals surface area contributed by atoms with E-state index in [4.69, 9.17) is 9.84 Å². The molecule has 0 radical (unpaired) electrons. The van der Waals surface area contributed by atoms with Crippen molar-refractivity contribution in [2.45, 2.75) is 38.8 Å². The number of aryl methyl sites for hydroxylation is 1. The lowest BCUT2D eigenvalue weighted by atomic mass is 10.2. The van der Waals surface area contributed by atoms with Crippen LogP contribution in [0.5, 0.6) is 0 Å². The van der Waals surface area contributed by atoms with Crippen molar-refractivity contribution in [1.29, 1.82) is 0 Å². The Balaban J connectivity index is 2.10. The van der Waals surface area contributed by atoms with Gasteiger partial charge in [-0.3, -0.25) is 0 Å². The lowest BCUT2D eigenvalue weighted by molar-refractivity contribution is 0.199. The third-order valence-electron chi connectivity index (χ3n) is 2.80. The molecule has 0 spiro atoms. The van der Waals surface area contributed by atoms with Gasteiger partial charge in [0.1, 0.15) is 0 Å². The Hall–Kier alpha value is -0.910. The first-order valence-electron chi connectivity index (χ1n) is 6.68. The molecular weight excluding hydrogens is 230 g/mol. The van der Waals surface area contributed by atoms with Crippen LogP contribution < -0.4 is 5.32 Å². The summed E-state index contributed by atoms with van der Waals surface area (Å²) < 4.78 is 7.10. The summed E-state index contributed by atoms with van der Waals surface area (Å²) in [4.78, 5) is 4.35. The van der Waals surface area contributed by atoms with Crippen molar-refractivity contribution >= 4 is 0 Å². The van der Waals surface area contributed by atoms with E-state index in [9.17, 15) is 0 Å². The molecule has 1 heterocycles. The summed E-state index contributed by atoms with van der Waals surface area (Å²) >= 11 is 0. The summed E-state index contributed by atoms with van der Waals surface area (Å²) in [6.07, 6.45) is 8.31. The van der Waals surface area contributed by atoms with Crippen LogP contribution in [0.4, 0.5) is 0 Å². The zero-order chi connectivity index (χ0) is 13.1. The second-order valence-electron chi connectivity index (χ2n) is 4.41. The second kappa shape index (κ2) is 10.1. The molecule has 0 saturated heterocycles. The third-order valence-corrected chi connectivity index (χ3v) is 2.80. The van der Waals surface area contributed by atoms with Gasteiger partial charge in [0.15, 0.2) is 0 Å². The van der Waals surface area contributed by atoms with Crippen molar-refractivity contribution in [1.82, 2.24) is 14.9 Å². The molecule has 0 bridgehead atoms. The largest absolute Gasteiger partial charge is 0.396 e. The Morgan fingerprint density at radius 2 is 2.17 bits per heavy atom. The fraction of sp³-hybridized carbons (Fsp3) is 0.769. The van der Waals surface area contributed by atoms with E-state index in [1.54, 1.807) is 7.11 Å². The second-order valence-corrected chi connectivity index (χ2v) is 4.41. The van der Waals surface area contributed by atoms with Gasteiger partial charge in [-0.15, -0.1) is 0 Å². The normalized spacial score (nSPS) is 11.0. The molecule has 0 aliphatic rings. The number of ether oxygens (including phenoxy) is 1. The highest BCUT2D eigenvalue weighted by Gasteiger charge is 1.98. The molecule has 0 aliphatic carbocycles. The Labute approximate surface area is 109 Å². The predicted molar refractivity (Wildman–Crippen MR) is 71.4 cm³/mol. The van der Waals surface area contributed by atoms with E-state index in [0.29, 0.717) is 6.61 Å². The molecule has 0 aliphatic heterocycles. The maximum absolute atomic E-state index is 8.68. The van der Waals surface area contributed by atoms with Crippen molar-refractivity contribution < 1.29 is 9.84 Å². The SMILES string of the molecule is COCCNCc1cn(CCCCCCO)cn1. The van der Waals surface area contributed by atoms with Gasteiger partial charge in [-0.1, -0.05) is 12.8 Å². The van der Waals surface area contributed by atoms with Crippen molar-refractivity contribution in [2.24, 2.45) is 0 Å². The van der Waals surface area contributed by atoms with Gasteiger partial charge in [0, 0.05) is 39.5 Å². The Morgan fingerprint density at radius 3 is 2.94 bits per heavy atom. The molecule has 5 nitrogen and oxygen atoms in total. The number of hydrogen-bond donors (Lipinski definition) is 2. The molecule has 1 rings (SSSR count). The van der Waals surface area contributed by atoms with E-state index in [1.165, 1.54) is 6.42 Å². The number of nitrogens with zero attached hydrogens (tertiary/aromatic N) is 2. The van der Waals surface area contributed by atoms with E-state index in [0.717, 1.165) is 51.2 Å². The molecule has 0 amide bonds. The average molecular weight is 255 g/mol. The highest BCUT2D eigenvalue weighted by Crippen LogP contribution is 2.03. The van der Waals surface area contributed by atoms with Crippen LogP contribution in [0.1, 0.15) is 31.4 Å². The van der Waals surface area contributed by atoms with Gasteiger partial charge < -0.3 is 19.7 Å². The zero-order valence-electron chi connectivity index (χ0n) is 11.3. The van der Waals surface area contributed by atoms with Gasteiger partial charge in [-0.2, -0.15) is 0 Å². The van der Waals surface area contributed by atoms with E-state index >= 15 is 0 Å². The average Bonchev–Trinajstić information content (AvgIpc) is 2.82. The molecule has 0 saturated carbocycles. The fourth-order valence-electron chi connectivity index (χ4n) is 1.77. The minimum atomic E-state index is 0.308. The number of aromatic nitrogens is 2. The van der Waals surface area contributed by atoms with Crippen LogP contribution in [-0.2, 0) is 17.8 Å². The van der Waals surface area contributed by atoms with Gasteiger partial charge in [0.05, 0.1) is 18.6 Å². The predicted octanol–water partition coefficient (Wildman–Crippen LogP) is 1.17. The number of hydrogen-bond acceptors (Lipinski definition) is 4. The van der Waals surface area contributed by atoms with Crippen LogP contribution in [-0.4, -0.2) is 41.5 Å². The van der Waals surface area contributed by atoms with Crippen molar-refractivity contribution in [3.05, 3.63) is 18.2 Å². The molecule has 1 aromatic heterocycles. The van der Waals surface area contributed by atoms with E-state index in [-0.39, 0.29) is 0 Å². The molecular formula is C13H25N3O2. The van der Waals surface area contributed by atoms with E-state index < -0.39 is 0 Å². The minimum Gasteiger partial charge on any atom is -0.396 e. The first kappa shape index (κ1) is 15.1. The number of aliphatic hydroxyl groups excluding tert-OH is 1. The minimum absolute atomic E-state index is 0.308. The fourth-order valence-corrected chi connectivity index (χ4v) is 1.77. The standard InChI is InChI=1S/C13H25N3O2/c1-18-9-6-14-10-13-11-16(12-15-13)7-4-2-3-5-8-17/h11-12,14,17H,2-10H2,1H3. The Bertz CT molecular complexity index is 302. The topological polar surface area (TPSA) is 59.3 Å². The molecule has 1 aromatic rings. The molecule has 0 fully saturated rings. The van der Waals surface area contributed by atoms with E-state index in [2.05, 4.69) is 21.1 Å². The van der Waals surface area contributed by atoms with Crippen molar-refractivity contribution in [3.8, 4) is 0 Å². The quantitative estimate of drug-likeness (QED) is 0.583. The molecule has 104 valence electrons. The zero-order valence-corrected chi connectivity index (χ0v) is 11.3. The smallest absolute Gasteiger partial charge is 0.0949 e. The molecule has 0 atom stereocenters. The van der Waals surface area contributed by atoms with Crippen molar-refractivity contribution in [3.63, 3.8) is 0 Å². The number of nitrogens with one attached hydrogen (secondary N) is 1. The van der Waals surface area contributed by atoms with Crippen LogP contribution in [0.2, 0.25) is 0 Å². The highest BCUT2D eigenvalue weighted by molar-refractivity contribution is 4.95.